The van der Waals surface area contributed by atoms with Crippen LogP contribution < -0.4 is 4.74 Å². The number of hydrogen-bond donors (Lipinski definition) is 0. The summed E-state index contributed by atoms with van der Waals surface area (Å²) in [6.07, 6.45) is 6.98. The molecule has 0 aliphatic rings. The summed E-state index contributed by atoms with van der Waals surface area (Å²) in [6.45, 7) is 6.81. The molecule has 21 heavy (non-hydrogen) atoms. The van der Waals surface area contributed by atoms with Crippen LogP contribution in [0.5, 0.6) is 5.75 Å². The van der Waals surface area contributed by atoms with Gasteiger partial charge in [-0.15, -0.1) is 0 Å². The Hall–Kier alpha value is -2.23. The first-order valence-corrected chi connectivity index (χ1v) is 7.52. The second-order valence-electron chi connectivity index (χ2n) is 5.18. The van der Waals surface area contributed by atoms with Crippen LogP contribution in [0.4, 0.5) is 0 Å². The normalized spacial score (nSPS) is 11.1. The Morgan fingerprint density at radius 2 is 2.05 bits per heavy atom. The number of ether oxygens (including phenoxy) is 1. The molecule has 0 bridgehead atoms. The van der Waals surface area contributed by atoms with E-state index in [1.807, 2.05) is 18.6 Å². The zero-order valence-electron chi connectivity index (χ0n) is 12.6. The van der Waals surface area contributed by atoms with Gasteiger partial charge in [0.15, 0.2) is 0 Å². The summed E-state index contributed by atoms with van der Waals surface area (Å²) in [4.78, 5) is 4.23. The maximum atomic E-state index is 5.69. The van der Waals surface area contributed by atoms with Crippen LogP contribution in [0, 0.1) is 0 Å². The topological polar surface area (TPSA) is 32.0 Å². The van der Waals surface area contributed by atoms with E-state index in [-0.39, 0.29) is 0 Å². The van der Waals surface area contributed by atoms with E-state index in [1.54, 1.807) is 0 Å². The van der Waals surface area contributed by atoms with Crippen molar-refractivity contribution in [2.45, 2.75) is 33.4 Å². The Kier molecular flexibility index (Phi) is 3.95. The SMILES string of the molecule is CCCOc1ccc2c(ccn2Cc2cncn2CC)c1. The molecule has 0 N–H and O–H groups in total. The molecule has 2 aromatic heterocycles. The Morgan fingerprint density at radius 3 is 2.86 bits per heavy atom. The first-order chi connectivity index (χ1) is 10.3. The van der Waals surface area contributed by atoms with Gasteiger partial charge in [0.1, 0.15) is 5.75 Å². The van der Waals surface area contributed by atoms with Crippen molar-refractivity contribution >= 4 is 10.9 Å². The van der Waals surface area contributed by atoms with Crippen molar-refractivity contribution < 1.29 is 4.74 Å². The van der Waals surface area contributed by atoms with Crippen LogP contribution in [-0.4, -0.2) is 20.7 Å². The summed E-state index contributed by atoms with van der Waals surface area (Å²) in [6, 6.07) is 8.43. The first kappa shape index (κ1) is 13.7. The summed E-state index contributed by atoms with van der Waals surface area (Å²) in [5, 5.41) is 1.21. The highest BCUT2D eigenvalue weighted by atomic mass is 16.5. The van der Waals surface area contributed by atoms with Gasteiger partial charge in [0.25, 0.3) is 0 Å². The van der Waals surface area contributed by atoms with Gasteiger partial charge in [0, 0.05) is 29.8 Å². The van der Waals surface area contributed by atoms with Crippen LogP contribution in [0.1, 0.15) is 26.0 Å². The third-order valence-corrected chi connectivity index (χ3v) is 3.69. The number of aromatic nitrogens is 3. The third-order valence-electron chi connectivity index (χ3n) is 3.69. The Labute approximate surface area is 125 Å². The minimum Gasteiger partial charge on any atom is -0.494 e. The molecule has 0 fully saturated rings. The highest BCUT2D eigenvalue weighted by Gasteiger charge is 2.06. The van der Waals surface area contributed by atoms with Gasteiger partial charge >= 0.3 is 0 Å². The average Bonchev–Trinajstić information content (AvgIpc) is 3.12. The first-order valence-electron chi connectivity index (χ1n) is 7.52. The lowest BCUT2D eigenvalue weighted by atomic mass is 10.2. The predicted octanol–water partition coefficient (Wildman–Crippen LogP) is 3.69. The van der Waals surface area contributed by atoms with Crippen molar-refractivity contribution in [3.05, 3.63) is 48.7 Å². The molecule has 0 radical (unpaired) electrons. The predicted molar refractivity (Wildman–Crippen MR) is 84.7 cm³/mol. The van der Waals surface area contributed by atoms with Crippen molar-refractivity contribution in [1.82, 2.24) is 14.1 Å². The highest BCUT2D eigenvalue weighted by molar-refractivity contribution is 5.81. The van der Waals surface area contributed by atoms with Crippen LogP contribution in [0.2, 0.25) is 0 Å². The molecular weight excluding hydrogens is 262 g/mol. The van der Waals surface area contributed by atoms with E-state index < -0.39 is 0 Å². The summed E-state index contributed by atoms with van der Waals surface area (Å²) >= 11 is 0. The van der Waals surface area contributed by atoms with Crippen molar-refractivity contribution in [2.75, 3.05) is 6.61 Å². The van der Waals surface area contributed by atoms with E-state index in [0.717, 1.165) is 31.9 Å². The smallest absolute Gasteiger partial charge is 0.120 e. The van der Waals surface area contributed by atoms with Gasteiger partial charge in [-0.3, -0.25) is 0 Å². The fraction of sp³-hybridized carbons (Fsp3) is 0.353. The minimum atomic E-state index is 0.766. The summed E-state index contributed by atoms with van der Waals surface area (Å²) < 4.78 is 10.1. The molecule has 3 aromatic rings. The molecular formula is C17H21N3O. The van der Waals surface area contributed by atoms with Crippen LogP contribution in [-0.2, 0) is 13.1 Å². The highest BCUT2D eigenvalue weighted by Crippen LogP contribution is 2.23. The summed E-state index contributed by atoms with van der Waals surface area (Å²) in [5.41, 5.74) is 2.45. The van der Waals surface area contributed by atoms with Gasteiger partial charge in [-0.25, -0.2) is 4.98 Å². The number of rotatable bonds is 6. The van der Waals surface area contributed by atoms with Gasteiger partial charge in [0.2, 0.25) is 0 Å². The number of aryl methyl sites for hydroxylation is 1. The zero-order chi connectivity index (χ0) is 14.7. The Morgan fingerprint density at radius 1 is 1.14 bits per heavy atom. The van der Waals surface area contributed by atoms with Gasteiger partial charge in [-0.2, -0.15) is 0 Å². The second-order valence-corrected chi connectivity index (χ2v) is 5.18. The Bertz CT molecular complexity index is 727. The van der Waals surface area contributed by atoms with Gasteiger partial charge in [-0.1, -0.05) is 6.92 Å². The lowest BCUT2D eigenvalue weighted by Crippen LogP contribution is -2.05. The molecule has 0 amide bonds. The second kappa shape index (κ2) is 6.04. The average molecular weight is 283 g/mol. The number of fused-ring (bicyclic) bond motifs is 1. The largest absolute Gasteiger partial charge is 0.494 e. The maximum Gasteiger partial charge on any atom is 0.120 e. The minimum absolute atomic E-state index is 0.766. The van der Waals surface area contributed by atoms with E-state index in [1.165, 1.54) is 16.6 Å². The number of benzene rings is 1. The van der Waals surface area contributed by atoms with Crippen LogP contribution in [0.25, 0.3) is 10.9 Å². The molecule has 4 nitrogen and oxygen atoms in total. The van der Waals surface area contributed by atoms with Crippen molar-refractivity contribution in [3.63, 3.8) is 0 Å². The van der Waals surface area contributed by atoms with Gasteiger partial charge < -0.3 is 13.9 Å². The molecule has 0 saturated carbocycles. The number of hydrogen-bond acceptors (Lipinski definition) is 2. The van der Waals surface area contributed by atoms with Crippen molar-refractivity contribution in [3.8, 4) is 5.75 Å². The summed E-state index contributed by atoms with van der Waals surface area (Å²) in [7, 11) is 0. The lowest BCUT2D eigenvalue weighted by molar-refractivity contribution is 0.318. The molecule has 4 heteroatoms. The van der Waals surface area contributed by atoms with E-state index in [4.69, 9.17) is 4.74 Å². The number of nitrogens with zero attached hydrogens (tertiary/aromatic N) is 3. The fourth-order valence-electron chi connectivity index (χ4n) is 2.56. The molecule has 0 aliphatic carbocycles. The van der Waals surface area contributed by atoms with Crippen molar-refractivity contribution in [2.24, 2.45) is 0 Å². The summed E-state index contributed by atoms with van der Waals surface area (Å²) in [5.74, 6) is 0.945. The van der Waals surface area contributed by atoms with E-state index in [9.17, 15) is 0 Å². The fourth-order valence-corrected chi connectivity index (χ4v) is 2.56. The van der Waals surface area contributed by atoms with Gasteiger partial charge in [0.05, 0.1) is 25.2 Å². The Balaban J connectivity index is 1.86. The van der Waals surface area contributed by atoms with Gasteiger partial charge in [-0.05, 0) is 37.6 Å². The van der Waals surface area contributed by atoms with Crippen LogP contribution in [0.3, 0.4) is 0 Å². The quantitative estimate of drug-likeness (QED) is 0.691. The van der Waals surface area contributed by atoms with Crippen molar-refractivity contribution in [1.29, 1.82) is 0 Å². The maximum absolute atomic E-state index is 5.69. The molecule has 0 spiro atoms. The van der Waals surface area contributed by atoms with E-state index in [0.29, 0.717) is 0 Å². The molecule has 0 unspecified atom stereocenters. The third kappa shape index (κ3) is 2.79. The molecule has 0 atom stereocenters. The van der Waals surface area contributed by atoms with Crippen LogP contribution >= 0.6 is 0 Å². The number of imidazole rings is 1. The van der Waals surface area contributed by atoms with E-state index >= 15 is 0 Å². The molecule has 110 valence electrons. The molecule has 2 heterocycles. The lowest BCUT2D eigenvalue weighted by Gasteiger charge is -2.09. The molecule has 1 aromatic carbocycles. The monoisotopic (exact) mass is 283 g/mol. The zero-order valence-corrected chi connectivity index (χ0v) is 12.6. The standard InChI is InChI=1S/C17H21N3O/c1-3-9-21-16-5-6-17-14(10-16)7-8-20(17)12-15-11-18-13-19(15)4-2/h5-8,10-11,13H,3-4,9,12H2,1-2H3. The molecule has 0 saturated heterocycles. The van der Waals surface area contributed by atoms with E-state index in [2.05, 4.69) is 52.4 Å². The molecule has 0 aliphatic heterocycles. The van der Waals surface area contributed by atoms with Crippen LogP contribution in [0.15, 0.2) is 43.0 Å². The molecule has 3 rings (SSSR count).